The molecular weight excluding hydrogens is 216 g/mol. The summed E-state index contributed by atoms with van der Waals surface area (Å²) in [6.45, 7) is 0.590. The quantitative estimate of drug-likeness (QED) is 0.768. The van der Waals surface area contributed by atoms with Gasteiger partial charge in [-0.1, -0.05) is 12.1 Å². The zero-order valence-electron chi connectivity index (χ0n) is 6.47. The summed E-state index contributed by atoms with van der Waals surface area (Å²) in [4.78, 5) is 3.16. The minimum atomic E-state index is 0.590. The summed E-state index contributed by atoms with van der Waals surface area (Å²) >= 11 is 3.45. The number of H-pyrrole nitrogens is 1. The van der Waals surface area contributed by atoms with Gasteiger partial charge < -0.3 is 10.7 Å². The van der Waals surface area contributed by atoms with Crippen molar-refractivity contribution in [2.75, 3.05) is 0 Å². The zero-order valence-corrected chi connectivity index (χ0v) is 8.06. The maximum absolute atomic E-state index is 5.52. The number of fused-ring (bicyclic) bond motifs is 1. The van der Waals surface area contributed by atoms with Gasteiger partial charge >= 0.3 is 0 Å². The van der Waals surface area contributed by atoms with Gasteiger partial charge in [-0.05, 0) is 27.6 Å². The number of benzene rings is 1. The topological polar surface area (TPSA) is 41.8 Å². The summed E-state index contributed by atoms with van der Waals surface area (Å²) in [6, 6.07) is 6.18. The second-order valence-electron chi connectivity index (χ2n) is 2.72. The van der Waals surface area contributed by atoms with Gasteiger partial charge in [0, 0.05) is 28.1 Å². The van der Waals surface area contributed by atoms with E-state index in [9.17, 15) is 0 Å². The lowest BCUT2D eigenvalue weighted by molar-refractivity contribution is 1.07. The van der Waals surface area contributed by atoms with Crippen LogP contribution in [0, 0.1) is 0 Å². The molecule has 0 unspecified atom stereocenters. The van der Waals surface area contributed by atoms with Crippen LogP contribution in [0.3, 0.4) is 0 Å². The Morgan fingerprint density at radius 1 is 1.42 bits per heavy atom. The molecule has 0 fully saturated rings. The molecule has 0 aliphatic rings. The standard InChI is InChI=1S/C9H9BrN2/c10-8-5-12-9-3-6(4-11)1-2-7(8)9/h1-3,5,12H,4,11H2. The number of hydrogen-bond acceptors (Lipinski definition) is 1. The number of rotatable bonds is 1. The Balaban J connectivity index is 2.69. The predicted molar refractivity (Wildman–Crippen MR) is 53.9 cm³/mol. The average Bonchev–Trinajstić information content (AvgIpc) is 2.47. The van der Waals surface area contributed by atoms with Crippen molar-refractivity contribution in [3.05, 3.63) is 34.4 Å². The van der Waals surface area contributed by atoms with Gasteiger partial charge in [0.05, 0.1) is 0 Å². The maximum atomic E-state index is 5.52. The molecule has 0 spiro atoms. The largest absolute Gasteiger partial charge is 0.360 e. The van der Waals surface area contributed by atoms with E-state index in [1.54, 1.807) is 0 Å². The number of aromatic nitrogens is 1. The van der Waals surface area contributed by atoms with E-state index >= 15 is 0 Å². The van der Waals surface area contributed by atoms with Crippen LogP contribution in [0.4, 0.5) is 0 Å². The first kappa shape index (κ1) is 7.83. The third-order valence-electron chi connectivity index (χ3n) is 1.93. The monoisotopic (exact) mass is 224 g/mol. The highest BCUT2D eigenvalue weighted by Gasteiger charge is 1.99. The van der Waals surface area contributed by atoms with Gasteiger partial charge in [0.1, 0.15) is 0 Å². The molecule has 2 rings (SSSR count). The molecule has 0 atom stereocenters. The van der Waals surface area contributed by atoms with Gasteiger partial charge in [-0.3, -0.25) is 0 Å². The molecule has 0 saturated heterocycles. The number of nitrogens with two attached hydrogens (primary N) is 1. The summed E-state index contributed by atoms with van der Waals surface area (Å²) in [5, 5.41) is 1.20. The SMILES string of the molecule is NCc1ccc2c(Br)c[nH]c2c1. The Kier molecular flexibility index (Phi) is 1.90. The van der Waals surface area contributed by atoms with Gasteiger partial charge in [-0.25, -0.2) is 0 Å². The highest BCUT2D eigenvalue weighted by Crippen LogP contribution is 2.23. The molecule has 3 N–H and O–H groups in total. The van der Waals surface area contributed by atoms with Gasteiger partial charge in [-0.2, -0.15) is 0 Å². The first-order valence-corrected chi connectivity index (χ1v) is 4.56. The second kappa shape index (κ2) is 2.92. The fourth-order valence-electron chi connectivity index (χ4n) is 1.26. The lowest BCUT2D eigenvalue weighted by Crippen LogP contribution is -1.94. The van der Waals surface area contributed by atoms with Crippen molar-refractivity contribution in [2.45, 2.75) is 6.54 Å². The van der Waals surface area contributed by atoms with Gasteiger partial charge in [0.25, 0.3) is 0 Å². The van der Waals surface area contributed by atoms with E-state index in [0.29, 0.717) is 6.54 Å². The van der Waals surface area contributed by atoms with E-state index in [0.717, 1.165) is 15.6 Å². The van der Waals surface area contributed by atoms with Crippen LogP contribution in [0.25, 0.3) is 10.9 Å². The molecule has 0 saturated carbocycles. The maximum Gasteiger partial charge on any atom is 0.0468 e. The second-order valence-corrected chi connectivity index (χ2v) is 3.58. The van der Waals surface area contributed by atoms with Gasteiger partial charge in [0.15, 0.2) is 0 Å². The summed E-state index contributed by atoms with van der Waals surface area (Å²) in [5.41, 5.74) is 7.80. The van der Waals surface area contributed by atoms with Crippen LogP contribution < -0.4 is 5.73 Å². The van der Waals surface area contributed by atoms with Crippen LogP contribution in [0.1, 0.15) is 5.56 Å². The lowest BCUT2D eigenvalue weighted by atomic mass is 10.2. The first-order valence-electron chi connectivity index (χ1n) is 3.77. The number of hydrogen-bond donors (Lipinski definition) is 2. The third kappa shape index (κ3) is 1.15. The molecule has 0 amide bonds. The highest BCUT2D eigenvalue weighted by atomic mass is 79.9. The summed E-state index contributed by atoms with van der Waals surface area (Å²) in [5.74, 6) is 0. The summed E-state index contributed by atoms with van der Waals surface area (Å²) < 4.78 is 1.10. The molecular formula is C9H9BrN2. The predicted octanol–water partition coefficient (Wildman–Crippen LogP) is 2.39. The lowest BCUT2D eigenvalue weighted by Gasteiger charge is -1.95. The Morgan fingerprint density at radius 2 is 2.25 bits per heavy atom. The summed E-state index contributed by atoms with van der Waals surface area (Å²) in [7, 11) is 0. The zero-order chi connectivity index (χ0) is 8.55. The van der Waals surface area contributed by atoms with E-state index in [1.165, 1.54) is 5.39 Å². The Morgan fingerprint density at radius 3 is 3.00 bits per heavy atom. The third-order valence-corrected chi connectivity index (χ3v) is 2.59. The first-order chi connectivity index (χ1) is 5.81. The van der Waals surface area contributed by atoms with Crippen molar-refractivity contribution in [1.82, 2.24) is 4.98 Å². The van der Waals surface area contributed by atoms with Crippen molar-refractivity contribution in [3.63, 3.8) is 0 Å². The van der Waals surface area contributed by atoms with Crippen molar-refractivity contribution in [1.29, 1.82) is 0 Å². The average molecular weight is 225 g/mol. The molecule has 0 bridgehead atoms. The van der Waals surface area contributed by atoms with E-state index < -0.39 is 0 Å². The smallest absolute Gasteiger partial charge is 0.0468 e. The van der Waals surface area contributed by atoms with Crippen LogP contribution in [-0.4, -0.2) is 4.98 Å². The number of aromatic amines is 1. The van der Waals surface area contributed by atoms with E-state index in [4.69, 9.17) is 5.73 Å². The molecule has 2 nitrogen and oxygen atoms in total. The Labute approximate surface area is 78.9 Å². The number of nitrogens with one attached hydrogen (secondary N) is 1. The molecule has 0 radical (unpaired) electrons. The minimum Gasteiger partial charge on any atom is -0.360 e. The van der Waals surface area contributed by atoms with Crippen LogP contribution in [0.2, 0.25) is 0 Å². The fraction of sp³-hybridized carbons (Fsp3) is 0.111. The molecule has 1 aromatic carbocycles. The minimum absolute atomic E-state index is 0.590. The molecule has 1 heterocycles. The number of halogens is 1. The Hall–Kier alpha value is -0.800. The molecule has 62 valence electrons. The highest BCUT2D eigenvalue weighted by molar-refractivity contribution is 9.10. The van der Waals surface area contributed by atoms with Crippen LogP contribution in [0.5, 0.6) is 0 Å². The molecule has 2 aromatic rings. The Bertz CT molecular complexity index is 406. The van der Waals surface area contributed by atoms with Gasteiger partial charge in [0.2, 0.25) is 0 Å². The molecule has 12 heavy (non-hydrogen) atoms. The van der Waals surface area contributed by atoms with Gasteiger partial charge in [-0.15, -0.1) is 0 Å². The van der Waals surface area contributed by atoms with E-state index in [1.807, 2.05) is 12.3 Å². The summed E-state index contributed by atoms with van der Waals surface area (Å²) in [6.07, 6.45) is 1.94. The van der Waals surface area contributed by atoms with E-state index in [2.05, 4.69) is 33.0 Å². The van der Waals surface area contributed by atoms with Crippen molar-refractivity contribution >= 4 is 26.8 Å². The molecule has 0 aliphatic carbocycles. The van der Waals surface area contributed by atoms with Crippen LogP contribution >= 0.6 is 15.9 Å². The van der Waals surface area contributed by atoms with E-state index in [-0.39, 0.29) is 0 Å². The van der Waals surface area contributed by atoms with Crippen LogP contribution in [0.15, 0.2) is 28.9 Å². The fourth-order valence-corrected chi connectivity index (χ4v) is 1.73. The molecule has 1 aromatic heterocycles. The van der Waals surface area contributed by atoms with Crippen molar-refractivity contribution in [2.24, 2.45) is 5.73 Å². The van der Waals surface area contributed by atoms with Crippen molar-refractivity contribution in [3.8, 4) is 0 Å². The molecule has 0 aliphatic heterocycles. The normalized spacial score (nSPS) is 10.8. The van der Waals surface area contributed by atoms with Crippen LogP contribution in [-0.2, 0) is 6.54 Å². The van der Waals surface area contributed by atoms with Crippen molar-refractivity contribution < 1.29 is 0 Å². The molecule has 3 heteroatoms.